The largest absolute Gasteiger partial charge is 0.493 e. The Hall–Kier alpha value is -1.71. The second-order valence-electron chi connectivity index (χ2n) is 6.82. The van der Waals surface area contributed by atoms with Crippen LogP contribution >= 0.6 is 24.0 Å². The van der Waals surface area contributed by atoms with Crippen molar-refractivity contribution in [2.24, 2.45) is 10.4 Å². The number of carbonyl (C=O) groups excluding carboxylic acids is 1. The first kappa shape index (κ1) is 25.3. The number of benzene rings is 1. The van der Waals surface area contributed by atoms with Gasteiger partial charge >= 0.3 is 0 Å². The van der Waals surface area contributed by atoms with Crippen molar-refractivity contribution in [2.45, 2.75) is 34.2 Å². The van der Waals surface area contributed by atoms with Crippen molar-refractivity contribution in [3.8, 4) is 11.5 Å². The van der Waals surface area contributed by atoms with E-state index in [-0.39, 0.29) is 35.3 Å². The van der Waals surface area contributed by atoms with Gasteiger partial charge in [-0.05, 0) is 24.6 Å². The van der Waals surface area contributed by atoms with Crippen LogP contribution in [0.3, 0.4) is 0 Å². The Morgan fingerprint density at radius 2 is 1.67 bits per heavy atom. The van der Waals surface area contributed by atoms with E-state index in [4.69, 9.17) is 9.47 Å². The molecule has 0 aliphatic rings. The lowest BCUT2D eigenvalue weighted by atomic mass is 9.96. The highest BCUT2D eigenvalue weighted by molar-refractivity contribution is 14.0. The molecule has 1 aromatic carbocycles. The lowest BCUT2D eigenvalue weighted by molar-refractivity contribution is -0.128. The zero-order chi connectivity index (χ0) is 19.6. The molecule has 0 saturated heterocycles. The Bertz CT molecular complexity index is 615. The van der Waals surface area contributed by atoms with Crippen LogP contribution in [0.15, 0.2) is 23.2 Å². The number of methoxy groups -OCH3 is 2. The molecule has 0 aliphatic heterocycles. The van der Waals surface area contributed by atoms with Crippen molar-refractivity contribution in [1.29, 1.82) is 0 Å². The molecule has 0 heterocycles. The molecule has 0 bridgehead atoms. The highest BCUT2D eigenvalue weighted by Crippen LogP contribution is 2.27. The summed E-state index contributed by atoms with van der Waals surface area (Å²) >= 11 is 0. The lowest BCUT2D eigenvalue weighted by Crippen LogP contribution is -2.43. The molecular weight excluding hydrogens is 459 g/mol. The van der Waals surface area contributed by atoms with E-state index < -0.39 is 0 Å². The topological polar surface area (TPSA) is 84.0 Å². The maximum atomic E-state index is 11.9. The van der Waals surface area contributed by atoms with Gasteiger partial charge in [0.05, 0.1) is 20.8 Å². The van der Waals surface area contributed by atoms with E-state index in [1.54, 1.807) is 14.2 Å². The summed E-state index contributed by atoms with van der Waals surface area (Å²) in [6.45, 7) is 10.1. The quantitative estimate of drug-likeness (QED) is 0.225. The molecule has 0 unspecified atom stereocenters. The van der Waals surface area contributed by atoms with Crippen LogP contribution in [-0.4, -0.2) is 45.7 Å². The molecule has 0 spiro atoms. The second-order valence-corrected chi connectivity index (χ2v) is 6.82. The first-order chi connectivity index (χ1) is 12.3. The van der Waals surface area contributed by atoms with E-state index in [2.05, 4.69) is 20.9 Å². The molecule has 1 amide bonds. The van der Waals surface area contributed by atoms with E-state index in [0.29, 0.717) is 37.1 Å². The minimum absolute atomic E-state index is 0. The van der Waals surface area contributed by atoms with Gasteiger partial charge in [-0.3, -0.25) is 4.79 Å². The summed E-state index contributed by atoms with van der Waals surface area (Å²) in [5.74, 6) is 2.11. The Kier molecular flexibility index (Phi) is 11.8. The van der Waals surface area contributed by atoms with Crippen LogP contribution in [0, 0.1) is 5.41 Å². The van der Waals surface area contributed by atoms with Crippen molar-refractivity contribution in [3.05, 3.63) is 23.8 Å². The fraction of sp³-hybridized carbons (Fsp3) is 0.579. The summed E-state index contributed by atoms with van der Waals surface area (Å²) in [5.41, 5.74) is 0.632. The predicted octanol–water partition coefficient (Wildman–Crippen LogP) is 2.54. The summed E-state index contributed by atoms with van der Waals surface area (Å²) in [4.78, 5) is 16.4. The standard InChI is InChI=1S/C19H32N4O3.HI/c1-7-20-18(22-11-10-21-17(24)19(2,3)4)23-13-14-8-9-15(25-5)16(12-14)26-6;/h8-9,12H,7,10-11,13H2,1-6H3,(H,21,24)(H2,20,22,23);1H. The van der Waals surface area contributed by atoms with E-state index in [9.17, 15) is 4.79 Å². The van der Waals surface area contributed by atoms with Crippen molar-refractivity contribution in [1.82, 2.24) is 16.0 Å². The number of amides is 1. The number of ether oxygens (including phenoxy) is 2. The third kappa shape index (κ3) is 9.16. The summed E-state index contributed by atoms with van der Waals surface area (Å²) in [5, 5.41) is 9.32. The second kappa shape index (κ2) is 12.6. The van der Waals surface area contributed by atoms with Crippen molar-refractivity contribution in [2.75, 3.05) is 33.9 Å². The molecule has 0 aliphatic carbocycles. The van der Waals surface area contributed by atoms with E-state index in [0.717, 1.165) is 12.1 Å². The van der Waals surface area contributed by atoms with Gasteiger partial charge in [0.2, 0.25) is 5.91 Å². The highest BCUT2D eigenvalue weighted by Gasteiger charge is 2.20. The van der Waals surface area contributed by atoms with Crippen molar-refractivity contribution in [3.63, 3.8) is 0 Å². The molecule has 0 saturated carbocycles. The molecule has 0 fully saturated rings. The number of hydrogen-bond acceptors (Lipinski definition) is 4. The molecule has 3 N–H and O–H groups in total. The fourth-order valence-corrected chi connectivity index (χ4v) is 2.11. The van der Waals surface area contributed by atoms with Crippen LogP contribution < -0.4 is 25.4 Å². The lowest BCUT2D eigenvalue weighted by Gasteiger charge is -2.18. The maximum Gasteiger partial charge on any atom is 0.225 e. The Morgan fingerprint density at radius 3 is 2.22 bits per heavy atom. The third-order valence-electron chi connectivity index (χ3n) is 3.60. The van der Waals surface area contributed by atoms with Gasteiger partial charge in [0, 0.05) is 25.0 Å². The van der Waals surface area contributed by atoms with Crippen LogP contribution in [0.2, 0.25) is 0 Å². The minimum Gasteiger partial charge on any atom is -0.493 e. The molecule has 0 radical (unpaired) electrons. The van der Waals surface area contributed by atoms with Gasteiger partial charge < -0.3 is 25.4 Å². The van der Waals surface area contributed by atoms with Crippen LogP contribution in [0.25, 0.3) is 0 Å². The summed E-state index contributed by atoms with van der Waals surface area (Å²) in [6.07, 6.45) is 0. The molecule has 0 atom stereocenters. The smallest absolute Gasteiger partial charge is 0.225 e. The van der Waals surface area contributed by atoms with E-state index in [1.807, 2.05) is 45.9 Å². The van der Waals surface area contributed by atoms with Crippen molar-refractivity contribution < 1.29 is 14.3 Å². The molecule has 1 rings (SSSR count). The monoisotopic (exact) mass is 492 g/mol. The number of nitrogens with one attached hydrogen (secondary N) is 3. The SMILES string of the molecule is CCNC(=NCc1ccc(OC)c(OC)c1)NCCNC(=O)C(C)(C)C.I. The maximum absolute atomic E-state index is 11.9. The van der Waals surface area contributed by atoms with Gasteiger partial charge in [0.1, 0.15) is 0 Å². The Labute approximate surface area is 179 Å². The zero-order valence-electron chi connectivity index (χ0n) is 17.1. The molecular formula is C19H33IN4O3. The van der Waals surface area contributed by atoms with Crippen LogP contribution in [0.1, 0.15) is 33.3 Å². The Morgan fingerprint density at radius 1 is 1.04 bits per heavy atom. The Balaban J connectivity index is 0.00000676. The molecule has 8 heteroatoms. The number of hydrogen-bond donors (Lipinski definition) is 3. The third-order valence-corrected chi connectivity index (χ3v) is 3.60. The van der Waals surface area contributed by atoms with Gasteiger partial charge in [-0.1, -0.05) is 26.8 Å². The predicted molar refractivity (Wildman–Crippen MR) is 120 cm³/mol. The fourth-order valence-electron chi connectivity index (χ4n) is 2.11. The highest BCUT2D eigenvalue weighted by atomic mass is 127. The van der Waals surface area contributed by atoms with Crippen molar-refractivity contribution >= 4 is 35.8 Å². The molecule has 27 heavy (non-hydrogen) atoms. The summed E-state index contributed by atoms with van der Waals surface area (Å²) in [6, 6.07) is 5.74. The van der Waals surface area contributed by atoms with E-state index >= 15 is 0 Å². The van der Waals surface area contributed by atoms with Gasteiger partial charge in [-0.15, -0.1) is 24.0 Å². The molecule has 0 aromatic heterocycles. The van der Waals surface area contributed by atoms with Gasteiger partial charge in [-0.25, -0.2) is 4.99 Å². The summed E-state index contributed by atoms with van der Waals surface area (Å²) < 4.78 is 10.6. The molecule has 7 nitrogen and oxygen atoms in total. The van der Waals surface area contributed by atoms with Crippen LogP contribution in [0.4, 0.5) is 0 Å². The van der Waals surface area contributed by atoms with Gasteiger partial charge in [0.15, 0.2) is 17.5 Å². The number of guanidine groups is 1. The number of nitrogens with zero attached hydrogens (tertiary/aromatic N) is 1. The average molecular weight is 492 g/mol. The average Bonchev–Trinajstić information content (AvgIpc) is 2.61. The summed E-state index contributed by atoms with van der Waals surface area (Å²) in [7, 11) is 3.23. The van der Waals surface area contributed by atoms with Crippen LogP contribution in [0.5, 0.6) is 11.5 Å². The minimum atomic E-state index is -0.383. The number of carbonyl (C=O) groups is 1. The first-order valence-electron chi connectivity index (χ1n) is 8.83. The van der Waals surface area contributed by atoms with Gasteiger partial charge in [0.25, 0.3) is 0 Å². The first-order valence-corrected chi connectivity index (χ1v) is 8.83. The zero-order valence-corrected chi connectivity index (χ0v) is 19.5. The number of aliphatic imine (C=N–C) groups is 1. The normalized spacial score (nSPS) is 11.3. The van der Waals surface area contributed by atoms with Gasteiger partial charge in [-0.2, -0.15) is 0 Å². The molecule has 1 aromatic rings. The van der Waals surface area contributed by atoms with Crippen LogP contribution in [-0.2, 0) is 11.3 Å². The number of rotatable bonds is 8. The number of halogens is 1. The molecule has 154 valence electrons. The van der Waals surface area contributed by atoms with E-state index in [1.165, 1.54) is 0 Å².